The second-order valence-electron chi connectivity index (χ2n) is 7.15. The topological polar surface area (TPSA) is 114 Å². The fraction of sp³-hybridized carbons (Fsp3) is 0.400. The Morgan fingerprint density at radius 1 is 1.17 bits per heavy atom. The number of nitrogens with two attached hydrogens (primary N) is 2. The first-order chi connectivity index (χ1) is 13.7. The Labute approximate surface area is 175 Å². The lowest BCUT2D eigenvalue weighted by molar-refractivity contribution is -0.162. The molecule has 0 aromatic heterocycles. The first kappa shape index (κ1) is 21.9. The third-order valence-corrected chi connectivity index (χ3v) is 6.49. The molecule has 0 spiro atoms. The highest BCUT2D eigenvalue weighted by Crippen LogP contribution is 2.43. The zero-order valence-corrected chi connectivity index (χ0v) is 17.9. The van der Waals surface area contributed by atoms with Gasteiger partial charge in [0.2, 0.25) is 10.0 Å². The molecule has 3 rings (SSSR count). The smallest absolute Gasteiger partial charge is 0.238 e. The molecular formula is C20H25ClN2O5S. The molecular weight excluding hydrogens is 416 g/mol. The Kier molecular flexibility index (Phi) is 6.40. The summed E-state index contributed by atoms with van der Waals surface area (Å²) in [5, 5.41) is 5.84. The highest BCUT2D eigenvalue weighted by Gasteiger charge is 2.45. The molecule has 0 heterocycles. The van der Waals surface area contributed by atoms with Crippen molar-refractivity contribution < 1.29 is 22.6 Å². The van der Waals surface area contributed by atoms with E-state index in [0.717, 1.165) is 30.4 Å². The van der Waals surface area contributed by atoms with E-state index < -0.39 is 21.7 Å². The van der Waals surface area contributed by atoms with Crippen LogP contribution >= 0.6 is 11.6 Å². The maximum Gasteiger partial charge on any atom is 0.238 e. The number of benzene rings is 2. The number of primary sulfonamides is 1. The van der Waals surface area contributed by atoms with Gasteiger partial charge in [-0.25, -0.2) is 13.6 Å². The van der Waals surface area contributed by atoms with Crippen molar-refractivity contribution >= 4 is 27.3 Å². The molecule has 1 aliphatic rings. The SMILES string of the molecule is COC(OC)C1(COc2ccc(S(N)(=O)=O)cc2N)CCCc2cc(Cl)ccc21. The summed E-state index contributed by atoms with van der Waals surface area (Å²) < 4.78 is 40.4. The number of hydrogen-bond acceptors (Lipinski definition) is 6. The maximum atomic E-state index is 11.5. The molecule has 0 bridgehead atoms. The third-order valence-electron chi connectivity index (χ3n) is 5.35. The van der Waals surface area contributed by atoms with Crippen LogP contribution in [-0.4, -0.2) is 35.5 Å². The number of aryl methyl sites for hydroxylation is 1. The van der Waals surface area contributed by atoms with Gasteiger partial charge in [-0.05, 0) is 60.7 Å². The molecule has 1 unspecified atom stereocenters. The summed E-state index contributed by atoms with van der Waals surface area (Å²) in [6.07, 6.45) is 2.05. The van der Waals surface area contributed by atoms with Gasteiger partial charge in [0, 0.05) is 19.2 Å². The zero-order chi connectivity index (χ0) is 21.2. The van der Waals surface area contributed by atoms with E-state index in [1.807, 2.05) is 18.2 Å². The van der Waals surface area contributed by atoms with Crippen LogP contribution in [0.4, 0.5) is 5.69 Å². The monoisotopic (exact) mass is 440 g/mol. The van der Waals surface area contributed by atoms with Crippen molar-refractivity contribution in [3.8, 4) is 5.75 Å². The van der Waals surface area contributed by atoms with Crippen LogP contribution < -0.4 is 15.6 Å². The van der Waals surface area contributed by atoms with Crippen LogP contribution in [-0.2, 0) is 31.3 Å². The predicted octanol–water partition coefficient (Wildman–Crippen LogP) is 2.84. The summed E-state index contributed by atoms with van der Waals surface area (Å²) in [6, 6.07) is 9.95. The summed E-state index contributed by atoms with van der Waals surface area (Å²) in [5.74, 6) is 0.365. The van der Waals surface area contributed by atoms with Gasteiger partial charge in [0.1, 0.15) is 12.4 Å². The highest BCUT2D eigenvalue weighted by molar-refractivity contribution is 7.89. The molecule has 9 heteroatoms. The Hall–Kier alpha value is -1.84. The van der Waals surface area contributed by atoms with E-state index in [1.165, 1.54) is 18.2 Å². The van der Waals surface area contributed by atoms with Crippen LogP contribution in [0.15, 0.2) is 41.3 Å². The second kappa shape index (κ2) is 8.49. The number of ether oxygens (including phenoxy) is 3. The Balaban J connectivity index is 1.97. The summed E-state index contributed by atoms with van der Waals surface area (Å²) in [7, 11) is -0.658. The van der Waals surface area contributed by atoms with Crippen LogP contribution in [0.1, 0.15) is 24.0 Å². The van der Waals surface area contributed by atoms with Gasteiger partial charge in [-0.3, -0.25) is 0 Å². The van der Waals surface area contributed by atoms with Crippen molar-refractivity contribution in [2.75, 3.05) is 26.6 Å². The fourth-order valence-corrected chi connectivity index (χ4v) is 4.78. The van der Waals surface area contributed by atoms with E-state index in [0.29, 0.717) is 10.8 Å². The summed E-state index contributed by atoms with van der Waals surface area (Å²) in [5.41, 5.74) is 7.80. The number of nitrogen functional groups attached to an aromatic ring is 1. The van der Waals surface area contributed by atoms with Crippen molar-refractivity contribution in [1.82, 2.24) is 0 Å². The molecule has 0 radical (unpaired) electrons. The van der Waals surface area contributed by atoms with Crippen LogP contribution in [0.2, 0.25) is 5.02 Å². The predicted molar refractivity (Wildman–Crippen MR) is 112 cm³/mol. The average molecular weight is 441 g/mol. The minimum absolute atomic E-state index is 0.0682. The summed E-state index contributed by atoms with van der Waals surface area (Å²) >= 11 is 6.19. The van der Waals surface area contributed by atoms with Crippen molar-refractivity contribution in [1.29, 1.82) is 0 Å². The molecule has 0 fully saturated rings. The molecule has 158 valence electrons. The quantitative estimate of drug-likeness (QED) is 0.505. The first-order valence-electron chi connectivity index (χ1n) is 9.11. The lowest BCUT2D eigenvalue weighted by Gasteiger charge is -2.43. The van der Waals surface area contributed by atoms with Gasteiger partial charge in [-0.1, -0.05) is 17.7 Å². The van der Waals surface area contributed by atoms with Crippen LogP contribution in [0.25, 0.3) is 0 Å². The van der Waals surface area contributed by atoms with Gasteiger partial charge < -0.3 is 19.9 Å². The maximum absolute atomic E-state index is 11.5. The van der Waals surface area contributed by atoms with Gasteiger partial charge in [0.25, 0.3) is 0 Å². The molecule has 1 aliphatic carbocycles. The molecule has 7 nitrogen and oxygen atoms in total. The number of sulfonamides is 1. The van der Waals surface area contributed by atoms with E-state index in [9.17, 15) is 8.42 Å². The standard InChI is InChI=1S/C20H25ClN2O5S/c1-26-19(27-2)20(9-3-4-13-10-14(21)5-7-16(13)20)12-28-18-8-6-15(11-17(18)22)29(23,24)25/h5-8,10-11,19H,3-4,9,12,22H2,1-2H3,(H2,23,24,25). The van der Waals surface area contributed by atoms with E-state index >= 15 is 0 Å². The minimum atomic E-state index is -3.84. The molecule has 29 heavy (non-hydrogen) atoms. The Morgan fingerprint density at radius 3 is 2.52 bits per heavy atom. The molecule has 4 N–H and O–H groups in total. The number of fused-ring (bicyclic) bond motifs is 1. The van der Waals surface area contributed by atoms with E-state index in [1.54, 1.807) is 14.2 Å². The normalized spacial score (nSPS) is 19.2. The Morgan fingerprint density at radius 2 is 1.90 bits per heavy atom. The number of methoxy groups -OCH3 is 2. The summed E-state index contributed by atoms with van der Waals surface area (Å²) in [4.78, 5) is -0.0682. The number of hydrogen-bond donors (Lipinski definition) is 2. The second-order valence-corrected chi connectivity index (χ2v) is 9.15. The molecule has 2 aromatic carbocycles. The lowest BCUT2D eigenvalue weighted by atomic mass is 9.69. The van der Waals surface area contributed by atoms with E-state index in [-0.39, 0.29) is 17.2 Å². The minimum Gasteiger partial charge on any atom is -0.490 e. The molecule has 0 saturated carbocycles. The number of rotatable bonds is 7. The third kappa shape index (κ3) is 4.36. The number of anilines is 1. The van der Waals surface area contributed by atoms with Gasteiger partial charge in [0.05, 0.1) is 16.0 Å². The first-order valence-corrected chi connectivity index (χ1v) is 11.0. The largest absolute Gasteiger partial charge is 0.490 e. The Bertz CT molecular complexity index is 994. The number of halogens is 1. The van der Waals surface area contributed by atoms with Crippen LogP contribution in [0, 0.1) is 0 Å². The van der Waals surface area contributed by atoms with Gasteiger partial charge in [-0.2, -0.15) is 0 Å². The van der Waals surface area contributed by atoms with Crippen molar-refractivity contribution in [2.45, 2.75) is 35.9 Å². The fourth-order valence-electron chi connectivity index (χ4n) is 4.04. The lowest BCUT2D eigenvalue weighted by Crippen LogP contribution is -2.49. The zero-order valence-electron chi connectivity index (χ0n) is 16.4. The molecule has 0 saturated heterocycles. The molecule has 2 aromatic rings. The van der Waals surface area contributed by atoms with Crippen molar-refractivity contribution in [3.63, 3.8) is 0 Å². The van der Waals surface area contributed by atoms with Crippen molar-refractivity contribution in [2.24, 2.45) is 5.14 Å². The van der Waals surface area contributed by atoms with Gasteiger partial charge >= 0.3 is 0 Å². The van der Waals surface area contributed by atoms with E-state index in [2.05, 4.69) is 0 Å². The van der Waals surface area contributed by atoms with E-state index in [4.69, 9.17) is 36.7 Å². The van der Waals surface area contributed by atoms with Crippen molar-refractivity contribution in [3.05, 3.63) is 52.5 Å². The van der Waals surface area contributed by atoms with Gasteiger partial charge in [-0.15, -0.1) is 0 Å². The van der Waals surface area contributed by atoms with Crippen LogP contribution in [0.5, 0.6) is 5.75 Å². The summed E-state index contributed by atoms with van der Waals surface area (Å²) in [6.45, 7) is 0.229. The molecule has 1 atom stereocenters. The molecule has 0 amide bonds. The average Bonchev–Trinajstić information content (AvgIpc) is 2.67. The highest BCUT2D eigenvalue weighted by atomic mass is 35.5. The molecule has 0 aliphatic heterocycles. The van der Waals surface area contributed by atoms with Crippen LogP contribution in [0.3, 0.4) is 0 Å². The van der Waals surface area contributed by atoms with Gasteiger partial charge in [0.15, 0.2) is 6.29 Å².